The van der Waals surface area contributed by atoms with Gasteiger partial charge in [0.05, 0.1) is 4.47 Å². The van der Waals surface area contributed by atoms with Crippen LogP contribution in [0.15, 0.2) is 45.0 Å². The number of likely N-dealkylation sites (N-methyl/N-ethyl adjacent to an activating group) is 1. The summed E-state index contributed by atoms with van der Waals surface area (Å²) in [4.78, 5) is 18.6. The molecule has 2 heterocycles. The van der Waals surface area contributed by atoms with Gasteiger partial charge in [-0.05, 0) is 46.6 Å². The van der Waals surface area contributed by atoms with Crippen LogP contribution < -0.4 is 5.73 Å². The summed E-state index contributed by atoms with van der Waals surface area (Å²) < 4.78 is 40.3. The van der Waals surface area contributed by atoms with Gasteiger partial charge in [0.1, 0.15) is 10.8 Å². The van der Waals surface area contributed by atoms with Gasteiger partial charge in [0.15, 0.2) is 21.3 Å². The molecule has 144 valence electrons. The first-order valence-corrected chi connectivity index (χ1v) is 10.7. The van der Waals surface area contributed by atoms with Crippen LogP contribution in [0.25, 0.3) is 0 Å². The third-order valence-electron chi connectivity index (χ3n) is 4.57. The number of amides is 1. The van der Waals surface area contributed by atoms with Crippen LogP contribution in [-0.2, 0) is 26.7 Å². The highest BCUT2D eigenvalue weighted by Crippen LogP contribution is 2.41. The lowest BCUT2D eigenvalue weighted by Gasteiger charge is -2.25. The van der Waals surface area contributed by atoms with Gasteiger partial charge >= 0.3 is 0 Å². The number of halogens is 2. The number of rotatable bonds is 4. The predicted octanol–water partition coefficient (Wildman–Crippen LogP) is 1.84. The second-order valence-corrected chi connectivity index (χ2v) is 9.12. The molecule has 0 saturated heterocycles. The third kappa shape index (κ3) is 2.96. The van der Waals surface area contributed by atoms with E-state index in [4.69, 9.17) is 5.73 Å². The van der Waals surface area contributed by atoms with Crippen molar-refractivity contribution in [1.29, 1.82) is 0 Å². The Morgan fingerprint density at radius 3 is 2.41 bits per heavy atom. The lowest BCUT2D eigenvalue weighted by atomic mass is 9.84. The number of hydrogen-bond acceptors (Lipinski definition) is 5. The van der Waals surface area contributed by atoms with E-state index in [1.165, 1.54) is 34.7 Å². The van der Waals surface area contributed by atoms with E-state index in [0.717, 1.165) is 6.26 Å². The van der Waals surface area contributed by atoms with Crippen molar-refractivity contribution in [2.45, 2.75) is 24.0 Å². The highest BCUT2D eigenvalue weighted by molar-refractivity contribution is 9.10. The zero-order valence-electron chi connectivity index (χ0n) is 14.9. The van der Waals surface area contributed by atoms with Crippen molar-refractivity contribution in [3.05, 3.63) is 51.9 Å². The van der Waals surface area contributed by atoms with Gasteiger partial charge in [-0.25, -0.2) is 17.8 Å². The highest BCUT2D eigenvalue weighted by atomic mass is 79.9. The van der Waals surface area contributed by atoms with Crippen molar-refractivity contribution in [1.82, 2.24) is 9.47 Å². The van der Waals surface area contributed by atoms with Crippen molar-refractivity contribution in [3.8, 4) is 0 Å². The Kier molecular flexibility index (Phi) is 4.67. The molecular formula is C17H18BrFN4O3S. The summed E-state index contributed by atoms with van der Waals surface area (Å²) in [5.41, 5.74) is 4.79. The standard InChI is InChI=1S/C17H18BrFN4O3S/c1-4-23-9-11(8-14(23)27(3,25)26)17(15(24)22(2)16(20)21-17)10-5-6-12(18)13(19)7-10/h5-9H,4H2,1-3H3,(H2,20,21). The summed E-state index contributed by atoms with van der Waals surface area (Å²) >= 11 is 3.09. The van der Waals surface area contributed by atoms with Gasteiger partial charge in [-0.15, -0.1) is 0 Å². The van der Waals surface area contributed by atoms with E-state index in [9.17, 15) is 17.6 Å². The number of nitrogens with two attached hydrogens (primary N) is 1. The number of carbonyl (C=O) groups excluding carboxylic acids is 1. The van der Waals surface area contributed by atoms with E-state index in [0.29, 0.717) is 12.1 Å². The number of aromatic nitrogens is 1. The molecule has 0 radical (unpaired) electrons. The zero-order chi connectivity index (χ0) is 20.1. The fourth-order valence-electron chi connectivity index (χ4n) is 3.16. The molecule has 0 bridgehead atoms. The van der Waals surface area contributed by atoms with Crippen molar-refractivity contribution in [2.24, 2.45) is 10.7 Å². The van der Waals surface area contributed by atoms with E-state index in [1.807, 2.05) is 0 Å². The van der Waals surface area contributed by atoms with E-state index in [1.54, 1.807) is 19.2 Å². The fraction of sp³-hybridized carbons (Fsp3) is 0.294. The van der Waals surface area contributed by atoms with Crippen LogP contribution in [0.3, 0.4) is 0 Å². The van der Waals surface area contributed by atoms with Gasteiger partial charge in [-0.3, -0.25) is 9.69 Å². The third-order valence-corrected chi connectivity index (χ3v) is 6.33. The Labute approximate surface area is 164 Å². The number of hydrogen-bond donors (Lipinski definition) is 1. The smallest absolute Gasteiger partial charge is 0.266 e. The van der Waals surface area contributed by atoms with Crippen LogP contribution in [0.4, 0.5) is 4.39 Å². The molecule has 2 N–H and O–H groups in total. The summed E-state index contributed by atoms with van der Waals surface area (Å²) in [5.74, 6) is -1.09. The molecule has 7 nitrogen and oxygen atoms in total. The number of carbonyl (C=O) groups is 1. The minimum absolute atomic E-state index is 0.0338. The lowest BCUT2D eigenvalue weighted by molar-refractivity contribution is -0.129. The Bertz CT molecular complexity index is 1080. The molecule has 1 amide bonds. The largest absolute Gasteiger partial charge is 0.369 e. The van der Waals surface area contributed by atoms with E-state index in [2.05, 4.69) is 20.9 Å². The summed E-state index contributed by atoms with van der Waals surface area (Å²) in [6.07, 6.45) is 2.63. The number of guanidine groups is 1. The van der Waals surface area contributed by atoms with Gasteiger partial charge in [0.25, 0.3) is 5.91 Å². The van der Waals surface area contributed by atoms with Gasteiger partial charge in [0, 0.05) is 31.6 Å². The summed E-state index contributed by atoms with van der Waals surface area (Å²) in [5, 5.41) is 0.0492. The van der Waals surface area contributed by atoms with Crippen LogP contribution in [0, 0.1) is 5.82 Å². The Morgan fingerprint density at radius 2 is 1.96 bits per heavy atom. The lowest BCUT2D eigenvalue weighted by Crippen LogP contribution is -2.41. The molecule has 3 rings (SSSR count). The predicted molar refractivity (Wildman–Crippen MR) is 102 cm³/mol. The molecule has 1 unspecified atom stereocenters. The average Bonchev–Trinajstić information content (AvgIpc) is 3.13. The van der Waals surface area contributed by atoms with Gasteiger partial charge in [-0.1, -0.05) is 6.07 Å². The molecular weight excluding hydrogens is 439 g/mol. The Balaban J connectivity index is 2.35. The van der Waals surface area contributed by atoms with Crippen LogP contribution in [-0.4, -0.2) is 43.1 Å². The molecule has 1 aromatic heterocycles. The maximum absolute atomic E-state index is 14.2. The quantitative estimate of drug-likeness (QED) is 0.758. The molecule has 0 spiro atoms. The van der Waals surface area contributed by atoms with Gasteiger partial charge in [-0.2, -0.15) is 0 Å². The molecule has 1 atom stereocenters. The molecule has 1 aliphatic heterocycles. The average molecular weight is 457 g/mol. The van der Waals surface area contributed by atoms with Gasteiger partial charge < -0.3 is 10.3 Å². The first-order chi connectivity index (χ1) is 12.5. The first-order valence-electron chi connectivity index (χ1n) is 8.02. The first kappa shape index (κ1) is 19.6. The van der Waals surface area contributed by atoms with Crippen LogP contribution >= 0.6 is 15.9 Å². The highest BCUT2D eigenvalue weighted by Gasteiger charge is 2.50. The second kappa shape index (κ2) is 6.45. The van der Waals surface area contributed by atoms with E-state index >= 15 is 0 Å². The number of aryl methyl sites for hydroxylation is 1. The van der Waals surface area contributed by atoms with E-state index in [-0.39, 0.29) is 21.0 Å². The minimum atomic E-state index is -3.55. The molecule has 0 fully saturated rings. The minimum Gasteiger partial charge on any atom is -0.369 e. The van der Waals surface area contributed by atoms with Crippen LogP contribution in [0.2, 0.25) is 0 Å². The summed E-state index contributed by atoms with van der Waals surface area (Å²) in [7, 11) is -2.08. The van der Waals surface area contributed by atoms with Crippen LogP contribution in [0.5, 0.6) is 0 Å². The van der Waals surface area contributed by atoms with Crippen molar-refractivity contribution < 1.29 is 17.6 Å². The summed E-state index contributed by atoms with van der Waals surface area (Å²) in [6.45, 7) is 2.15. The maximum Gasteiger partial charge on any atom is 0.266 e. The molecule has 1 aromatic carbocycles. The topological polar surface area (TPSA) is 97.8 Å². The Hall–Kier alpha value is -2.20. The number of aliphatic imine (C=N–C) groups is 1. The van der Waals surface area contributed by atoms with Crippen molar-refractivity contribution in [3.63, 3.8) is 0 Å². The Morgan fingerprint density at radius 1 is 1.30 bits per heavy atom. The SMILES string of the molecule is CCn1cc(C2(c3ccc(Br)c(F)c3)N=C(N)N(C)C2=O)cc1S(C)(=O)=O. The van der Waals surface area contributed by atoms with E-state index < -0.39 is 27.1 Å². The van der Waals surface area contributed by atoms with Crippen LogP contribution in [0.1, 0.15) is 18.1 Å². The molecule has 0 saturated carbocycles. The monoisotopic (exact) mass is 456 g/mol. The summed E-state index contributed by atoms with van der Waals surface area (Å²) in [6, 6.07) is 5.62. The maximum atomic E-state index is 14.2. The number of sulfone groups is 1. The zero-order valence-corrected chi connectivity index (χ0v) is 17.3. The number of nitrogens with zero attached hydrogens (tertiary/aromatic N) is 3. The van der Waals surface area contributed by atoms with Crippen molar-refractivity contribution >= 4 is 37.6 Å². The molecule has 10 heteroatoms. The normalized spacial score (nSPS) is 20.3. The molecule has 2 aromatic rings. The fourth-order valence-corrected chi connectivity index (χ4v) is 4.35. The van der Waals surface area contributed by atoms with Gasteiger partial charge in [0.2, 0.25) is 0 Å². The molecule has 27 heavy (non-hydrogen) atoms. The second-order valence-electron chi connectivity index (χ2n) is 6.30. The van der Waals surface area contributed by atoms with Crippen molar-refractivity contribution in [2.75, 3.05) is 13.3 Å². The molecule has 1 aliphatic rings. The molecule has 0 aliphatic carbocycles. The number of benzene rings is 1.